The molecular weight excluding hydrogens is 280 g/mol. The van der Waals surface area contributed by atoms with Crippen LogP contribution in [0.4, 0.5) is 5.69 Å². The van der Waals surface area contributed by atoms with Gasteiger partial charge in [-0.25, -0.2) is 0 Å². The van der Waals surface area contributed by atoms with Crippen LogP contribution in [0.5, 0.6) is 5.75 Å². The fourth-order valence-electron chi connectivity index (χ4n) is 2.39. The molecule has 22 heavy (non-hydrogen) atoms. The van der Waals surface area contributed by atoms with Crippen molar-refractivity contribution >= 4 is 17.5 Å². The molecule has 1 saturated carbocycles. The molecule has 1 aliphatic rings. The molecular formula is C17H24N2O3. The zero-order chi connectivity index (χ0) is 16.2. The highest BCUT2D eigenvalue weighted by Gasteiger charge is 2.56. The van der Waals surface area contributed by atoms with Gasteiger partial charge in [-0.05, 0) is 43.9 Å². The quantitative estimate of drug-likeness (QED) is 0.601. The summed E-state index contributed by atoms with van der Waals surface area (Å²) >= 11 is 0. The minimum Gasteiger partial charge on any atom is -0.495 e. The number of hydrogen-bond donors (Lipinski definition) is 2. The molecule has 0 atom stereocenters. The Balaban J connectivity index is 2.06. The lowest BCUT2D eigenvalue weighted by atomic mass is 10.0. The normalized spacial score (nSPS) is 15.0. The molecule has 2 amide bonds. The van der Waals surface area contributed by atoms with E-state index >= 15 is 0 Å². The fraction of sp³-hybridized carbons (Fsp3) is 0.529. The average Bonchev–Trinajstić information content (AvgIpc) is 3.29. The summed E-state index contributed by atoms with van der Waals surface area (Å²) in [5.41, 5.74) is 0.733. The average molecular weight is 304 g/mol. The van der Waals surface area contributed by atoms with Crippen molar-refractivity contribution in [3.8, 4) is 5.75 Å². The Morgan fingerprint density at radius 2 is 2.00 bits per heavy atom. The number of hydrogen-bond acceptors (Lipinski definition) is 3. The van der Waals surface area contributed by atoms with E-state index < -0.39 is 5.41 Å². The SMILES string of the molecule is CCCCNC(=O)C1(C(=O)Nc2cc(C)ccc2OC)CC1. The number of nitrogens with one attached hydrogen (secondary N) is 2. The molecule has 2 N–H and O–H groups in total. The van der Waals surface area contributed by atoms with Crippen LogP contribution in [0.15, 0.2) is 18.2 Å². The molecule has 0 radical (unpaired) electrons. The van der Waals surface area contributed by atoms with Crippen LogP contribution in [-0.4, -0.2) is 25.5 Å². The van der Waals surface area contributed by atoms with Gasteiger partial charge in [0.25, 0.3) is 0 Å². The highest BCUT2D eigenvalue weighted by Crippen LogP contribution is 2.47. The molecule has 1 aromatic carbocycles. The van der Waals surface area contributed by atoms with Gasteiger partial charge in [-0.3, -0.25) is 9.59 Å². The first-order valence-corrected chi connectivity index (χ1v) is 7.78. The van der Waals surface area contributed by atoms with E-state index in [1.165, 1.54) is 0 Å². The smallest absolute Gasteiger partial charge is 0.240 e. The van der Waals surface area contributed by atoms with Gasteiger partial charge >= 0.3 is 0 Å². The second-order valence-electron chi connectivity index (χ2n) is 5.85. The first kappa shape index (κ1) is 16.3. The highest BCUT2D eigenvalue weighted by molar-refractivity contribution is 6.13. The molecule has 0 unspecified atom stereocenters. The van der Waals surface area contributed by atoms with Crippen molar-refractivity contribution in [2.75, 3.05) is 19.0 Å². The molecule has 0 aromatic heterocycles. The van der Waals surface area contributed by atoms with Crippen LogP contribution in [0, 0.1) is 12.3 Å². The summed E-state index contributed by atoms with van der Waals surface area (Å²) in [6.45, 7) is 4.63. The molecule has 0 saturated heterocycles. The molecule has 1 aromatic rings. The van der Waals surface area contributed by atoms with E-state index in [1.54, 1.807) is 7.11 Å². The molecule has 2 rings (SSSR count). The predicted octanol–water partition coefficient (Wildman–Crippen LogP) is 2.64. The van der Waals surface area contributed by atoms with E-state index in [1.807, 2.05) is 25.1 Å². The number of benzene rings is 1. The zero-order valence-electron chi connectivity index (χ0n) is 13.5. The summed E-state index contributed by atoms with van der Waals surface area (Å²) in [7, 11) is 1.56. The number of methoxy groups -OCH3 is 1. The van der Waals surface area contributed by atoms with Gasteiger partial charge in [0, 0.05) is 6.54 Å². The standard InChI is InChI=1S/C17H24N2O3/c1-4-5-10-18-15(20)17(8-9-17)16(21)19-13-11-12(2)6-7-14(13)22-3/h6-7,11H,4-5,8-10H2,1-3H3,(H,18,20)(H,19,21). The van der Waals surface area contributed by atoms with Crippen molar-refractivity contribution in [2.45, 2.75) is 39.5 Å². The molecule has 120 valence electrons. The minimum atomic E-state index is -0.900. The number of aryl methyl sites for hydroxylation is 1. The monoisotopic (exact) mass is 304 g/mol. The summed E-state index contributed by atoms with van der Waals surface area (Å²) in [6.07, 6.45) is 3.14. The van der Waals surface area contributed by atoms with Gasteiger partial charge in [-0.1, -0.05) is 19.4 Å². The van der Waals surface area contributed by atoms with Crippen molar-refractivity contribution in [1.82, 2.24) is 5.32 Å². The van der Waals surface area contributed by atoms with E-state index in [4.69, 9.17) is 4.74 Å². The number of anilines is 1. The van der Waals surface area contributed by atoms with E-state index in [0.29, 0.717) is 30.8 Å². The summed E-state index contributed by atoms with van der Waals surface area (Å²) in [5, 5.41) is 5.71. The van der Waals surface area contributed by atoms with Gasteiger partial charge in [0.1, 0.15) is 11.2 Å². The third kappa shape index (κ3) is 3.40. The van der Waals surface area contributed by atoms with Gasteiger partial charge in [0.2, 0.25) is 11.8 Å². The molecule has 0 aliphatic heterocycles. The van der Waals surface area contributed by atoms with Crippen LogP contribution >= 0.6 is 0 Å². The van der Waals surface area contributed by atoms with Crippen LogP contribution in [0.3, 0.4) is 0 Å². The maximum absolute atomic E-state index is 12.5. The number of carbonyl (C=O) groups is 2. The lowest BCUT2D eigenvalue weighted by Gasteiger charge is -2.17. The summed E-state index contributed by atoms with van der Waals surface area (Å²) in [4.78, 5) is 24.8. The van der Waals surface area contributed by atoms with Crippen LogP contribution in [0.1, 0.15) is 38.2 Å². The number of unbranched alkanes of at least 4 members (excludes halogenated alkanes) is 1. The lowest BCUT2D eigenvalue weighted by molar-refractivity contribution is -0.134. The highest BCUT2D eigenvalue weighted by atomic mass is 16.5. The third-order valence-corrected chi connectivity index (χ3v) is 4.04. The van der Waals surface area contributed by atoms with Crippen molar-refractivity contribution in [3.63, 3.8) is 0 Å². The predicted molar refractivity (Wildman–Crippen MR) is 85.9 cm³/mol. The van der Waals surface area contributed by atoms with E-state index in [2.05, 4.69) is 17.6 Å². The maximum Gasteiger partial charge on any atom is 0.240 e. The number of ether oxygens (including phenoxy) is 1. The van der Waals surface area contributed by atoms with E-state index in [0.717, 1.165) is 18.4 Å². The Hall–Kier alpha value is -2.04. The largest absolute Gasteiger partial charge is 0.495 e. The van der Waals surface area contributed by atoms with Crippen molar-refractivity contribution in [3.05, 3.63) is 23.8 Å². The van der Waals surface area contributed by atoms with Crippen molar-refractivity contribution in [2.24, 2.45) is 5.41 Å². The Morgan fingerprint density at radius 1 is 1.27 bits per heavy atom. The van der Waals surface area contributed by atoms with Crippen LogP contribution < -0.4 is 15.4 Å². The summed E-state index contributed by atoms with van der Waals surface area (Å²) in [6, 6.07) is 5.58. The summed E-state index contributed by atoms with van der Waals surface area (Å²) in [5.74, 6) is 0.191. The Bertz CT molecular complexity index is 565. The Labute approximate surface area is 131 Å². The minimum absolute atomic E-state index is 0.162. The number of amides is 2. The van der Waals surface area contributed by atoms with Crippen LogP contribution in [0.25, 0.3) is 0 Å². The van der Waals surface area contributed by atoms with Crippen molar-refractivity contribution < 1.29 is 14.3 Å². The molecule has 5 heteroatoms. The number of rotatable bonds is 7. The topological polar surface area (TPSA) is 67.4 Å². The summed E-state index contributed by atoms with van der Waals surface area (Å²) < 4.78 is 5.26. The second-order valence-corrected chi connectivity index (χ2v) is 5.85. The molecule has 0 bridgehead atoms. The second kappa shape index (κ2) is 6.81. The zero-order valence-corrected chi connectivity index (χ0v) is 13.5. The van der Waals surface area contributed by atoms with Gasteiger partial charge in [-0.15, -0.1) is 0 Å². The molecule has 1 aliphatic carbocycles. The van der Waals surface area contributed by atoms with Gasteiger partial charge in [-0.2, -0.15) is 0 Å². The van der Waals surface area contributed by atoms with Gasteiger partial charge < -0.3 is 15.4 Å². The van der Waals surface area contributed by atoms with E-state index in [9.17, 15) is 9.59 Å². The Morgan fingerprint density at radius 3 is 2.59 bits per heavy atom. The lowest BCUT2D eigenvalue weighted by Crippen LogP contribution is -2.40. The van der Waals surface area contributed by atoms with Gasteiger partial charge in [0.15, 0.2) is 0 Å². The maximum atomic E-state index is 12.5. The molecule has 0 heterocycles. The van der Waals surface area contributed by atoms with Crippen molar-refractivity contribution in [1.29, 1.82) is 0 Å². The molecule has 5 nitrogen and oxygen atoms in total. The molecule has 1 fully saturated rings. The van der Waals surface area contributed by atoms with Gasteiger partial charge in [0.05, 0.1) is 12.8 Å². The molecule has 0 spiro atoms. The number of carbonyl (C=O) groups excluding carboxylic acids is 2. The first-order chi connectivity index (χ1) is 10.5. The first-order valence-electron chi connectivity index (χ1n) is 7.78. The third-order valence-electron chi connectivity index (χ3n) is 4.04. The Kier molecular flexibility index (Phi) is 5.06. The van der Waals surface area contributed by atoms with Crippen LogP contribution in [-0.2, 0) is 9.59 Å². The fourth-order valence-corrected chi connectivity index (χ4v) is 2.39. The van der Waals surface area contributed by atoms with Crippen LogP contribution in [0.2, 0.25) is 0 Å². The van der Waals surface area contributed by atoms with E-state index in [-0.39, 0.29) is 11.8 Å².